The van der Waals surface area contributed by atoms with Crippen molar-refractivity contribution in [1.82, 2.24) is 0 Å². The van der Waals surface area contributed by atoms with Gasteiger partial charge in [-0.25, -0.2) is 0 Å². The highest BCUT2D eigenvalue weighted by atomic mass is 35.5. The van der Waals surface area contributed by atoms with Gasteiger partial charge in [0, 0.05) is 5.56 Å². The molecule has 24 heavy (non-hydrogen) atoms. The second kappa shape index (κ2) is 13.4. The number of aliphatic hydroxyl groups is 1. The van der Waals surface area contributed by atoms with Crippen LogP contribution in [0, 0.1) is 0 Å². The normalized spacial score (nSPS) is 12.2. The Bertz CT molecular complexity index is 437. The lowest BCUT2D eigenvalue weighted by molar-refractivity contribution is 0.192. The summed E-state index contributed by atoms with van der Waals surface area (Å²) in [5, 5.41) is 10.1. The van der Waals surface area contributed by atoms with Crippen LogP contribution in [0.1, 0.15) is 76.9 Å². The number of rotatable bonds is 14. The first-order valence-corrected chi connectivity index (χ1v) is 9.89. The Morgan fingerprint density at radius 2 is 1.54 bits per heavy atom. The topological polar surface area (TPSA) is 38.7 Å². The first-order valence-electron chi connectivity index (χ1n) is 9.36. The molecule has 0 saturated heterocycles. The van der Waals surface area contributed by atoms with Crippen molar-refractivity contribution in [1.29, 1.82) is 0 Å². The van der Waals surface area contributed by atoms with Crippen molar-refractivity contribution in [2.45, 2.75) is 71.3 Å². The van der Waals surface area contributed by atoms with Crippen LogP contribution in [0.25, 0.3) is 0 Å². The molecule has 0 fully saturated rings. The summed E-state index contributed by atoms with van der Waals surface area (Å²) >= 11 is 5.83. The first-order chi connectivity index (χ1) is 11.7. The maximum atomic E-state index is 10.1. The van der Waals surface area contributed by atoms with E-state index >= 15 is 0 Å². The van der Waals surface area contributed by atoms with Crippen molar-refractivity contribution < 1.29 is 14.6 Å². The fraction of sp³-hybridized carbons (Fsp3) is 0.700. The van der Waals surface area contributed by atoms with Crippen LogP contribution in [0.4, 0.5) is 0 Å². The largest absolute Gasteiger partial charge is 0.494 e. The summed E-state index contributed by atoms with van der Waals surface area (Å²) in [6.45, 7) is 5.76. The van der Waals surface area contributed by atoms with Crippen LogP contribution in [0.15, 0.2) is 18.2 Å². The van der Waals surface area contributed by atoms with Crippen molar-refractivity contribution in [2.75, 3.05) is 19.1 Å². The molecule has 138 valence electrons. The van der Waals surface area contributed by atoms with Crippen LogP contribution >= 0.6 is 11.6 Å². The lowest BCUT2D eigenvalue weighted by atomic mass is 10.1. The van der Waals surface area contributed by atoms with E-state index in [0.717, 1.165) is 18.6 Å². The lowest BCUT2D eigenvalue weighted by Gasteiger charge is -2.16. The van der Waals surface area contributed by atoms with Crippen LogP contribution in [0.2, 0.25) is 0 Å². The summed E-state index contributed by atoms with van der Waals surface area (Å²) < 4.78 is 11.6. The third-order valence-corrected chi connectivity index (χ3v) is 4.30. The molecule has 0 aliphatic rings. The van der Waals surface area contributed by atoms with E-state index in [9.17, 15) is 5.11 Å². The Balaban J connectivity index is 2.57. The Morgan fingerprint density at radius 3 is 2.12 bits per heavy atom. The van der Waals surface area contributed by atoms with E-state index in [1.54, 1.807) is 0 Å². The quantitative estimate of drug-likeness (QED) is 0.334. The van der Waals surface area contributed by atoms with E-state index in [2.05, 4.69) is 13.8 Å². The predicted octanol–water partition coefficient (Wildman–Crippen LogP) is 5.88. The average Bonchev–Trinajstić information content (AvgIpc) is 2.61. The number of alkyl halides is 1. The molecule has 3 nitrogen and oxygen atoms in total. The smallest absolute Gasteiger partial charge is 0.125 e. The zero-order valence-electron chi connectivity index (χ0n) is 15.2. The molecule has 4 heteroatoms. The Kier molecular flexibility index (Phi) is 11.8. The number of halogens is 1. The van der Waals surface area contributed by atoms with E-state index in [1.807, 2.05) is 18.2 Å². The summed E-state index contributed by atoms with van der Waals surface area (Å²) in [7, 11) is 0. The monoisotopic (exact) mass is 356 g/mol. The van der Waals surface area contributed by atoms with Crippen LogP contribution in [0.3, 0.4) is 0 Å². The van der Waals surface area contributed by atoms with Crippen LogP contribution in [0.5, 0.6) is 11.5 Å². The second-order valence-electron chi connectivity index (χ2n) is 6.19. The molecule has 0 saturated carbocycles. The SMILES string of the molecule is CCCCCCOc1ccc(OCCCCCC)c(C(O)CCl)c1. The molecule has 0 aliphatic heterocycles. The summed E-state index contributed by atoms with van der Waals surface area (Å²) in [5.41, 5.74) is 0.714. The fourth-order valence-corrected chi connectivity index (χ4v) is 2.69. The summed E-state index contributed by atoms with van der Waals surface area (Å²) in [6.07, 6.45) is 8.60. The Hall–Kier alpha value is -0.930. The van der Waals surface area contributed by atoms with E-state index < -0.39 is 6.10 Å². The van der Waals surface area contributed by atoms with Gasteiger partial charge >= 0.3 is 0 Å². The van der Waals surface area contributed by atoms with Gasteiger partial charge in [-0.1, -0.05) is 52.4 Å². The first kappa shape index (κ1) is 21.1. The third-order valence-electron chi connectivity index (χ3n) is 4.01. The summed E-state index contributed by atoms with van der Waals surface area (Å²) in [5.74, 6) is 1.62. The Morgan fingerprint density at radius 1 is 0.917 bits per heavy atom. The molecule has 0 bridgehead atoms. The van der Waals surface area contributed by atoms with Gasteiger partial charge in [-0.3, -0.25) is 0 Å². The van der Waals surface area contributed by atoms with Gasteiger partial charge in [0.15, 0.2) is 0 Å². The summed E-state index contributed by atoms with van der Waals surface area (Å²) in [6, 6.07) is 5.65. The molecule has 1 atom stereocenters. The lowest BCUT2D eigenvalue weighted by Crippen LogP contribution is -2.06. The van der Waals surface area contributed by atoms with Gasteiger partial charge in [-0.2, -0.15) is 0 Å². The standard InChI is InChI=1S/C20H33ClO3/c1-3-5-7-9-13-23-17-11-12-20(18(15-17)19(22)16-21)24-14-10-8-6-4-2/h11-12,15,19,22H,3-10,13-14,16H2,1-2H3. The number of hydrogen-bond donors (Lipinski definition) is 1. The van der Waals surface area contributed by atoms with Gasteiger partial charge in [0.25, 0.3) is 0 Å². The summed E-state index contributed by atoms with van der Waals surface area (Å²) in [4.78, 5) is 0. The highest BCUT2D eigenvalue weighted by Gasteiger charge is 2.14. The van der Waals surface area contributed by atoms with Gasteiger partial charge in [0.05, 0.1) is 25.2 Å². The maximum absolute atomic E-state index is 10.1. The van der Waals surface area contributed by atoms with Gasteiger partial charge in [0.1, 0.15) is 11.5 Å². The van der Waals surface area contributed by atoms with Crippen molar-refractivity contribution in [2.24, 2.45) is 0 Å². The zero-order chi connectivity index (χ0) is 17.6. The number of aliphatic hydroxyl groups excluding tert-OH is 1. The third kappa shape index (κ3) is 8.25. The number of unbranched alkanes of at least 4 members (excludes halogenated alkanes) is 6. The van der Waals surface area contributed by atoms with Crippen molar-refractivity contribution in [3.05, 3.63) is 23.8 Å². The van der Waals surface area contributed by atoms with Crippen molar-refractivity contribution in [3.8, 4) is 11.5 Å². The van der Waals surface area contributed by atoms with Crippen LogP contribution < -0.4 is 9.47 Å². The molecule has 0 heterocycles. The van der Waals surface area contributed by atoms with E-state index in [4.69, 9.17) is 21.1 Å². The molecule has 1 aromatic rings. The highest BCUT2D eigenvalue weighted by Crippen LogP contribution is 2.30. The number of benzene rings is 1. The number of hydrogen-bond acceptors (Lipinski definition) is 3. The molecule has 1 N–H and O–H groups in total. The molecular weight excluding hydrogens is 324 g/mol. The maximum Gasteiger partial charge on any atom is 0.125 e. The van der Waals surface area contributed by atoms with E-state index in [0.29, 0.717) is 24.5 Å². The average molecular weight is 357 g/mol. The molecule has 1 rings (SSSR count). The minimum absolute atomic E-state index is 0.145. The number of ether oxygens (including phenoxy) is 2. The molecule has 0 aliphatic carbocycles. The van der Waals surface area contributed by atoms with Gasteiger partial charge in [-0.15, -0.1) is 11.6 Å². The molecule has 0 radical (unpaired) electrons. The van der Waals surface area contributed by atoms with Gasteiger partial charge in [0.2, 0.25) is 0 Å². The molecule has 0 spiro atoms. The minimum Gasteiger partial charge on any atom is -0.494 e. The van der Waals surface area contributed by atoms with Crippen molar-refractivity contribution in [3.63, 3.8) is 0 Å². The van der Waals surface area contributed by atoms with E-state index in [-0.39, 0.29) is 5.88 Å². The molecule has 1 aromatic carbocycles. The van der Waals surface area contributed by atoms with Crippen LogP contribution in [-0.2, 0) is 0 Å². The van der Waals surface area contributed by atoms with E-state index in [1.165, 1.54) is 38.5 Å². The van der Waals surface area contributed by atoms with Gasteiger partial charge < -0.3 is 14.6 Å². The molecular formula is C20H33ClO3. The predicted molar refractivity (Wildman–Crippen MR) is 101 cm³/mol. The minimum atomic E-state index is -0.735. The van der Waals surface area contributed by atoms with Crippen LogP contribution in [-0.4, -0.2) is 24.2 Å². The second-order valence-corrected chi connectivity index (χ2v) is 6.50. The van der Waals surface area contributed by atoms with Crippen molar-refractivity contribution >= 4 is 11.6 Å². The molecule has 0 aromatic heterocycles. The molecule has 0 amide bonds. The Labute approximate surface area is 152 Å². The zero-order valence-corrected chi connectivity index (χ0v) is 16.0. The highest BCUT2D eigenvalue weighted by molar-refractivity contribution is 6.18. The van der Waals surface area contributed by atoms with Gasteiger partial charge in [-0.05, 0) is 31.0 Å². The fourth-order valence-electron chi connectivity index (χ4n) is 2.52. The molecule has 1 unspecified atom stereocenters.